The number of aromatic hydroxyl groups is 1. The minimum absolute atomic E-state index is 0.0157. The quantitative estimate of drug-likeness (QED) is 0.726. The number of phenols is 1. The van der Waals surface area contributed by atoms with Crippen LogP contribution in [0, 0.1) is 6.92 Å². The standard InChI is InChI=1S/C14H16N2O4S2/c1-9-3-5-11(21-9)8-15-14(18)12-7-10(4-6-13(12)17)16-22(2,19)20/h3-7,16-17H,8H2,1-2H3,(H,15,18). The van der Waals surface area contributed by atoms with Crippen LogP contribution in [0.15, 0.2) is 30.3 Å². The van der Waals surface area contributed by atoms with Crippen molar-refractivity contribution in [2.75, 3.05) is 11.0 Å². The molecular weight excluding hydrogens is 324 g/mol. The zero-order chi connectivity index (χ0) is 16.3. The Bertz CT molecular complexity index is 797. The van der Waals surface area contributed by atoms with Crippen molar-refractivity contribution < 1.29 is 18.3 Å². The van der Waals surface area contributed by atoms with E-state index in [9.17, 15) is 18.3 Å². The summed E-state index contributed by atoms with van der Waals surface area (Å²) in [5.41, 5.74) is 0.236. The lowest BCUT2D eigenvalue weighted by atomic mass is 10.1. The number of carbonyl (C=O) groups excluding carboxylic acids is 1. The molecule has 0 saturated carbocycles. The van der Waals surface area contributed by atoms with E-state index in [0.717, 1.165) is 16.0 Å². The molecule has 6 nitrogen and oxygen atoms in total. The fourth-order valence-electron chi connectivity index (χ4n) is 1.84. The Hall–Kier alpha value is -2.06. The maximum absolute atomic E-state index is 12.1. The van der Waals surface area contributed by atoms with E-state index >= 15 is 0 Å². The van der Waals surface area contributed by atoms with Crippen LogP contribution in [0.1, 0.15) is 20.1 Å². The number of nitrogens with one attached hydrogen (secondary N) is 2. The van der Waals surface area contributed by atoms with Crippen molar-refractivity contribution in [2.45, 2.75) is 13.5 Å². The van der Waals surface area contributed by atoms with Crippen LogP contribution in [0.25, 0.3) is 0 Å². The van der Waals surface area contributed by atoms with Gasteiger partial charge in [0, 0.05) is 15.4 Å². The van der Waals surface area contributed by atoms with Crippen LogP contribution < -0.4 is 10.0 Å². The van der Waals surface area contributed by atoms with Crippen molar-refractivity contribution in [1.82, 2.24) is 5.32 Å². The van der Waals surface area contributed by atoms with Crippen LogP contribution in [0.4, 0.5) is 5.69 Å². The van der Waals surface area contributed by atoms with Gasteiger partial charge >= 0.3 is 0 Å². The predicted octanol–water partition coefficient (Wildman–Crippen LogP) is 2.06. The Morgan fingerprint density at radius 2 is 2.00 bits per heavy atom. The highest BCUT2D eigenvalue weighted by atomic mass is 32.2. The highest BCUT2D eigenvalue weighted by molar-refractivity contribution is 7.92. The first kappa shape index (κ1) is 16.3. The fourth-order valence-corrected chi connectivity index (χ4v) is 3.22. The largest absolute Gasteiger partial charge is 0.507 e. The molecule has 118 valence electrons. The molecule has 0 aliphatic carbocycles. The molecule has 1 amide bonds. The van der Waals surface area contributed by atoms with Gasteiger partial charge in [0.15, 0.2) is 0 Å². The van der Waals surface area contributed by atoms with Crippen LogP contribution in [0.5, 0.6) is 5.75 Å². The Kier molecular flexibility index (Phi) is 4.72. The second-order valence-electron chi connectivity index (χ2n) is 4.80. The minimum atomic E-state index is -3.45. The zero-order valence-electron chi connectivity index (χ0n) is 12.1. The number of hydrogen-bond donors (Lipinski definition) is 3. The number of thiophene rings is 1. The second-order valence-corrected chi connectivity index (χ2v) is 7.92. The van der Waals surface area contributed by atoms with Gasteiger partial charge in [-0.3, -0.25) is 9.52 Å². The van der Waals surface area contributed by atoms with E-state index < -0.39 is 15.9 Å². The molecule has 0 aliphatic rings. The number of sulfonamides is 1. The van der Waals surface area contributed by atoms with Crippen LogP contribution >= 0.6 is 11.3 Å². The summed E-state index contributed by atoms with van der Waals surface area (Å²) in [6, 6.07) is 7.83. The van der Waals surface area contributed by atoms with E-state index in [1.807, 2.05) is 19.1 Å². The van der Waals surface area contributed by atoms with Crippen LogP contribution in [0.2, 0.25) is 0 Å². The van der Waals surface area contributed by atoms with Crippen molar-refractivity contribution in [3.63, 3.8) is 0 Å². The average Bonchev–Trinajstić information content (AvgIpc) is 2.82. The number of anilines is 1. The van der Waals surface area contributed by atoms with Crippen LogP contribution in [-0.4, -0.2) is 25.7 Å². The molecule has 0 aliphatic heterocycles. The maximum atomic E-state index is 12.1. The molecule has 0 fully saturated rings. The molecule has 2 rings (SSSR count). The molecule has 1 heterocycles. The molecule has 22 heavy (non-hydrogen) atoms. The first-order valence-corrected chi connectivity index (χ1v) is 9.10. The lowest BCUT2D eigenvalue weighted by Gasteiger charge is -2.09. The SMILES string of the molecule is Cc1ccc(CNC(=O)c2cc(NS(C)(=O)=O)ccc2O)s1. The van der Waals surface area contributed by atoms with Crippen molar-refractivity contribution in [1.29, 1.82) is 0 Å². The summed E-state index contributed by atoms with van der Waals surface area (Å²) in [5, 5.41) is 12.5. The van der Waals surface area contributed by atoms with Gasteiger partial charge in [-0.2, -0.15) is 0 Å². The summed E-state index contributed by atoms with van der Waals surface area (Å²) >= 11 is 1.57. The number of aryl methyl sites for hydroxylation is 1. The number of hydrogen-bond acceptors (Lipinski definition) is 5. The highest BCUT2D eigenvalue weighted by Gasteiger charge is 2.13. The number of phenolic OH excluding ortho intramolecular Hbond substituents is 1. The molecule has 0 radical (unpaired) electrons. The molecule has 2 aromatic rings. The smallest absolute Gasteiger partial charge is 0.255 e. The minimum Gasteiger partial charge on any atom is -0.507 e. The highest BCUT2D eigenvalue weighted by Crippen LogP contribution is 2.22. The third kappa shape index (κ3) is 4.47. The third-order valence-corrected chi connectivity index (χ3v) is 4.37. The van der Waals surface area contributed by atoms with E-state index in [2.05, 4.69) is 10.0 Å². The number of rotatable bonds is 5. The van der Waals surface area contributed by atoms with Gasteiger partial charge in [0.25, 0.3) is 5.91 Å². The fraction of sp³-hybridized carbons (Fsp3) is 0.214. The van der Waals surface area contributed by atoms with Gasteiger partial charge in [-0.25, -0.2) is 8.42 Å². The zero-order valence-corrected chi connectivity index (χ0v) is 13.7. The van der Waals surface area contributed by atoms with Crippen molar-refractivity contribution in [3.05, 3.63) is 45.6 Å². The van der Waals surface area contributed by atoms with Gasteiger partial charge < -0.3 is 10.4 Å². The van der Waals surface area contributed by atoms with Gasteiger partial charge in [-0.15, -0.1) is 11.3 Å². The molecule has 0 atom stereocenters. The van der Waals surface area contributed by atoms with Crippen molar-refractivity contribution >= 4 is 33.0 Å². The van der Waals surface area contributed by atoms with E-state index in [1.54, 1.807) is 11.3 Å². The summed E-state index contributed by atoms with van der Waals surface area (Å²) in [4.78, 5) is 14.3. The van der Waals surface area contributed by atoms with E-state index in [0.29, 0.717) is 6.54 Å². The number of benzene rings is 1. The Labute approximate surface area is 132 Å². The maximum Gasteiger partial charge on any atom is 0.255 e. The monoisotopic (exact) mass is 340 g/mol. The first-order chi connectivity index (χ1) is 10.2. The first-order valence-electron chi connectivity index (χ1n) is 6.39. The summed E-state index contributed by atoms with van der Waals surface area (Å²) in [6.45, 7) is 2.32. The van der Waals surface area contributed by atoms with E-state index in [4.69, 9.17) is 0 Å². The van der Waals surface area contributed by atoms with Crippen molar-refractivity contribution in [2.24, 2.45) is 0 Å². The van der Waals surface area contributed by atoms with Gasteiger partial charge in [0.05, 0.1) is 18.4 Å². The predicted molar refractivity (Wildman–Crippen MR) is 86.8 cm³/mol. The van der Waals surface area contributed by atoms with Gasteiger partial charge in [-0.05, 0) is 37.3 Å². The Morgan fingerprint density at radius 1 is 1.27 bits per heavy atom. The summed E-state index contributed by atoms with van der Waals surface area (Å²) in [6.07, 6.45) is 1.01. The molecule has 0 saturated heterocycles. The van der Waals surface area contributed by atoms with Crippen LogP contribution in [-0.2, 0) is 16.6 Å². The summed E-state index contributed by atoms with van der Waals surface area (Å²) in [5.74, 6) is -0.681. The normalized spacial score (nSPS) is 11.2. The number of amides is 1. The molecule has 1 aromatic carbocycles. The molecule has 0 bridgehead atoms. The lowest BCUT2D eigenvalue weighted by Crippen LogP contribution is -2.22. The molecule has 0 unspecified atom stereocenters. The summed E-state index contributed by atoms with van der Waals surface area (Å²) in [7, 11) is -3.45. The van der Waals surface area contributed by atoms with Crippen molar-refractivity contribution in [3.8, 4) is 5.75 Å². The van der Waals surface area contributed by atoms with Gasteiger partial charge in [0.2, 0.25) is 10.0 Å². The second kappa shape index (κ2) is 6.37. The molecule has 3 N–H and O–H groups in total. The van der Waals surface area contributed by atoms with Gasteiger partial charge in [0.1, 0.15) is 5.75 Å². The third-order valence-electron chi connectivity index (χ3n) is 2.76. The van der Waals surface area contributed by atoms with Gasteiger partial charge in [-0.1, -0.05) is 0 Å². The van der Waals surface area contributed by atoms with Crippen LogP contribution in [0.3, 0.4) is 0 Å². The van der Waals surface area contributed by atoms with E-state index in [1.165, 1.54) is 18.2 Å². The Morgan fingerprint density at radius 3 is 2.59 bits per heavy atom. The van der Waals surface area contributed by atoms with E-state index in [-0.39, 0.29) is 17.0 Å². The Balaban J connectivity index is 2.12. The molecule has 1 aromatic heterocycles. The topological polar surface area (TPSA) is 95.5 Å². The summed E-state index contributed by atoms with van der Waals surface area (Å²) < 4.78 is 24.7. The molecule has 8 heteroatoms. The molecule has 0 spiro atoms. The lowest BCUT2D eigenvalue weighted by molar-refractivity contribution is 0.0948. The number of carbonyl (C=O) groups is 1. The average molecular weight is 340 g/mol. The molecular formula is C14H16N2O4S2.